The first-order valence-corrected chi connectivity index (χ1v) is 22.4. The maximum absolute atomic E-state index is 9.20. The molecule has 66 heavy (non-hydrogen) atoms. The van der Waals surface area contributed by atoms with E-state index >= 15 is 0 Å². The smallest absolute Gasteiger partial charge is 0.269 e. The van der Waals surface area contributed by atoms with Gasteiger partial charge < -0.3 is 4.74 Å². The van der Waals surface area contributed by atoms with Crippen LogP contribution in [0.4, 0.5) is 0 Å². The van der Waals surface area contributed by atoms with E-state index in [1.807, 2.05) is 121 Å². The van der Waals surface area contributed by atoms with E-state index in [2.05, 4.69) is 81.7 Å². The topological polar surface area (TPSA) is 48.8 Å². The molecule has 0 atom stereocenters. The third-order valence-electron chi connectivity index (χ3n) is 11.9. The number of ether oxygens (including phenoxy) is 1. The van der Waals surface area contributed by atoms with Crippen LogP contribution in [0.1, 0.15) is 88.6 Å². The molecule has 4 aromatic heterocycles. The van der Waals surface area contributed by atoms with Gasteiger partial charge in [-0.3, -0.25) is 18.7 Å². The lowest BCUT2D eigenvalue weighted by Crippen LogP contribution is -2.31. The van der Waals surface area contributed by atoms with Gasteiger partial charge in [0.1, 0.15) is 17.3 Å². The van der Waals surface area contributed by atoms with Crippen molar-refractivity contribution >= 4 is 32.8 Å². The molecule has 0 aliphatic carbocycles. The van der Waals surface area contributed by atoms with E-state index < -0.39 is 29.9 Å². The molecule has 328 valence electrons. The fourth-order valence-electron chi connectivity index (χ4n) is 8.70. The summed E-state index contributed by atoms with van der Waals surface area (Å²) in [5, 5.41) is 2.03. The molecule has 0 aliphatic rings. The van der Waals surface area contributed by atoms with Crippen molar-refractivity contribution < 1.29 is 18.9 Å². The number of pyridine rings is 2. The predicted octanol–water partition coefficient (Wildman–Crippen LogP) is 14.9. The lowest BCUT2D eigenvalue weighted by atomic mass is 9.78. The fraction of sp³-hybridized carbons (Fsp3) is 0.217. The van der Waals surface area contributed by atoms with Crippen molar-refractivity contribution in [2.45, 2.75) is 79.5 Å². The first-order valence-electron chi connectivity index (χ1n) is 25.9. The van der Waals surface area contributed by atoms with Gasteiger partial charge in [0.05, 0.1) is 40.3 Å². The zero-order valence-corrected chi connectivity index (χ0v) is 38.9. The van der Waals surface area contributed by atoms with Gasteiger partial charge in [0.15, 0.2) is 0 Å². The summed E-state index contributed by atoms with van der Waals surface area (Å²) in [6, 6.07) is 37.7. The Morgan fingerprint density at radius 1 is 0.636 bits per heavy atom. The molecule has 0 saturated heterocycles. The van der Waals surface area contributed by atoms with Crippen molar-refractivity contribution in [3.05, 3.63) is 193 Å². The zero-order valence-electron chi connectivity index (χ0n) is 45.9. The van der Waals surface area contributed by atoms with E-state index in [0.29, 0.717) is 45.3 Å². The van der Waals surface area contributed by atoms with Crippen LogP contribution in [0.3, 0.4) is 0 Å². The van der Waals surface area contributed by atoms with E-state index in [0.717, 1.165) is 49.6 Å². The van der Waals surface area contributed by atoms with E-state index in [1.54, 1.807) is 24.7 Å². The molecule has 4 heterocycles. The van der Waals surface area contributed by atoms with Crippen LogP contribution in [-0.4, -0.2) is 19.1 Å². The van der Waals surface area contributed by atoms with Gasteiger partial charge in [-0.2, -0.15) is 0 Å². The highest BCUT2D eigenvalue weighted by Gasteiger charge is 2.25. The van der Waals surface area contributed by atoms with Gasteiger partial charge in [0, 0.05) is 38.2 Å². The third kappa shape index (κ3) is 8.17. The Balaban J connectivity index is 1.14. The van der Waals surface area contributed by atoms with Gasteiger partial charge in [-0.25, -0.2) is 4.98 Å². The molecule has 0 amide bonds. The molecule has 10 aromatic rings. The minimum Gasteiger partial charge on any atom is -0.458 e. The molecule has 0 radical (unpaired) electrons. The number of rotatable bonds is 8. The Labute approximate surface area is 398 Å². The maximum atomic E-state index is 9.20. The second-order valence-corrected chi connectivity index (χ2v) is 20.0. The highest BCUT2D eigenvalue weighted by molar-refractivity contribution is 6.09. The molecule has 0 fully saturated rings. The Hall–Kier alpha value is -7.31. The standard InChI is InChI=1S/C60H57N5O/c1-58(2,3)37-40-27-30-62-56(31-40)65-52-24-14-13-21-50(52)51-26-25-47(36-54(51)65)66-46-20-15-19-45(35-46)63-39-64(53-28-29-61-38-55(53)63)57-48(41-17-11-10-12-18-41)22-16-23-49(57)42-32-43(59(4,5)6)34-44(33-42)60(7,8)9/h10-36,38H,37H2,1-9H3/i10D,11D,12D,17D,18D,37D2. The summed E-state index contributed by atoms with van der Waals surface area (Å²) in [6.45, 7) is 18.8. The summed E-state index contributed by atoms with van der Waals surface area (Å²) in [6.07, 6.45) is 7.17. The van der Waals surface area contributed by atoms with E-state index in [-0.39, 0.29) is 28.5 Å². The highest BCUT2D eigenvalue weighted by Crippen LogP contribution is 2.40. The van der Waals surface area contributed by atoms with Gasteiger partial charge in [-0.15, -0.1) is 0 Å². The number of hydrogen-bond donors (Lipinski definition) is 0. The monoisotopic (exact) mass is 871 g/mol. The second kappa shape index (κ2) is 16.3. The van der Waals surface area contributed by atoms with E-state index in [4.69, 9.17) is 16.6 Å². The minimum atomic E-state index is -1.62. The molecule has 6 nitrogen and oxygen atoms in total. The average molecular weight is 871 g/mol. The van der Waals surface area contributed by atoms with Crippen LogP contribution in [0.15, 0.2) is 170 Å². The molecule has 6 heteroatoms. The first kappa shape index (κ1) is 35.0. The van der Waals surface area contributed by atoms with Crippen molar-refractivity contribution in [2.24, 2.45) is 5.41 Å². The lowest BCUT2D eigenvalue weighted by molar-refractivity contribution is -0.571. The minimum absolute atomic E-state index is 0.0856. The summed E-state index contributed by atoms with van der Waals surface area (Å²) in [7, 11) is 0. The van der Waals surface area contributed by atoms with Crippen molar-refractivity contribution in [2.75, 3.05) is 0 Å². The second-order valence-electron chi connectivity index (χ2n) is 20.0. The van der Waals surface area contributed by atoms with Gasteiger partial charge in [0.2, 0.25) is 0 Å². The number of benzene rings is 6. The fourth-order valence-corrected chi connectivity index (χ4v) is 8.70. The zero-order chi connectivity index (χ0) is 52.1. The molecule has 10 rings (SSSR count). The van der Waals surface area contributed by atoms with Gasteiger partial charge in [-0.05, 0) is 116 Å². The molecular weight excluding hydrogens is 807 g/mol. The van der Waals surface area contributed by atoms with Crippen LogP contribution >= 0.6 is 0 Å². The summed E-state index contributed by atoms with van der Waals surface area (Å²) in [5.74, 6) is 1.73. The largest absolute Gasteiger partial charge is 0.458 e. The van der Waals surface area contributed by atoms with Gasteiger partial charge >= 0.3 is 0 Å². The average Bonchev–Trinajstić information content (AvgIpc) is 3.90. The van der Waals surface area contributed by atoms with Crippen LogP contribution in [0.25, 0.3) is 72.3 Å². The number of imidazole rings is 1. The van der Waals surface area contributed by atoms with Crippen molar-refractivity contribution in [1.82, 2.24) is 19.1 Å². The van der Waals surface area contributed by atoms with Crippen LogP contribution < -0.4 is 9.30 Å². The van der Waals surface area contributed by atoms with Crippen LogP contribution in [0.5, 0.6) is 11.5 Å². The van der Waals surface area contributed by atoms with Gasteiger partial charge in [-0.1, -0.05) is 153 Å². The summed E-state index contributed by atoms with van der Waals surface area (Å²) < 4.78 is 75.0. The molecule has 0 saturated carbocycles. The number of para-hydroxylation sites is 2. The number of aromatic nitrogens is 5. The molecule has 0 unspecified atom stereocenters. The molecular formula is C60H57N5O. The SMILES string of the molecule is [2H]c1c([2H])c([2H])c(-c2cccc(-c3cc(C(C)(C)C)cc(C(C)(C)C)c3)c2-[n+]2[c-]n(-c3cccc(Oc4ccc5c6ccccc6n(-c6cc(C([2H])([2H])C(C)(C)C)ccn6)c5c4)c3)c3cnccc32)c([2H])c1[2H]. The quantitative estimate of drug-likeness (QED) is 0.113. The molecule has 6 aromatic carbocycles. The Morgan fingerprint density at radius 3 is 2.08 bits per heavy atom. The van der Waals surface area contributed by atoms with Crippen LogP contribution in [0, 0.1) is 11.7 Å². The molecule has 0 N–H and O–H groups in total. The normalized spacial score (nSPS) is 14.1. The first-order chi connectivity index (χ1) is 34.4. The lowest BCUT2D eigenvalue weighted by Gasteiger charge is -2.27. The summed E-state index contributed by atoms with van der Waals surface area (Å²) in [4.78, 5) is 9.34. The van der Waals surface area contributed by atoms with Crippen LogP contribution in [0.2, 0.25) is 0 Å². The number of nitrogens with zero attached hydrogens (tertiary/aromatic N) is 5. The third-order valence-corrected chi connectivity index (χ3v) is 11.9. The Kier molecular flexibility index (Phi) is 8.64. The van der Waals surface area contributed by atoms with E-state index in [1.165, 1.54) is 0 Å². The van der Waals surface area contributed by atoms with E-state index in [9.17, 15) is 2.74 Å². The van der Waals surface area contributed by atoms with Gasteiger partial charge in [0.25, 0.3) is 6.33 Å². The molecule has 0 bridgehead atoms. The summed E-state index contributed by atoms with van der Waals surface area (Å²) in [5.41, 5.74) is 8.52. The number of hydrogen-bond acceptors (Lipinski definition) is 3. The number of fused-ring (bicyclic) bond motifs is 4. The molecule has 0 spiro atoms. The van der Waals surface area contributed by atoms with Crippen molar-refractivity contribution in [3.63, 3.8) is 0 Å². The maximum Gasteiger partial charge on any atom is 0.269 e. The van der Waals surface area contributed by atoms with Crippen molar-refractivity contribution in [3.8, 4) is 50.9 Å². The Bertz CT molecular complexity index is 3770. The van der Waals surface area contributed by atoms with Crippen LogP contribution in [-0.2, 0) is 17.2 Å². The Morgan fingerprint density at radius 2 is 1.33 bits per heavy atom. The highest BCUT2D eigenvalue weighted by atomic mass is 16.5. The predicted molar refractivity (Wildman–Crippen MR) is 272 cm³/mol. The van der Waals surface area contributed by atoms with Crippen molar-refractivity contribution in [1.29, 1.82) is 0 Å². The summed E-state index contributed by atoms with van der Waals surface area (Å²) >= 11 is 0. The molecule has 0 aliphatic heterocycles.